The number of aromatic nitrogens is 4. The molecule has 0 amide bonds. The summed E-state index contributed by atoms with van der Waals surface area (Å²) in [6.45, 7) is 0. The summed E-state index contributed by atoms with van der Waals surface area (Å²) in [5, 5.41) is 31.6. The number of halogens is 2. The molecule has 5 rings (SSSR count). The number of rotatable bonds is 8. The monoisotopic (exact) mass is 606 g/mol. The van der Waals surface area contributed by atoms with E-state index in [9.17, 15) is 19.8 Å². The zero-order chi connectivity index (χ0) is 30.0. The number of hydrogen-bond donors (Lipinski definition) is 6. The second-order valence-electron chi connectivity index (χ2n) is 9.07. The van der Waals surface area contributed by atoms with E-state index in [1.165, 1.54) is 14.1 Å². The molecule has 0 fully saturated rings. The first-order chi connectivity index (χ1) is 20.2. The van der Waals surface area contributed by atoms with Crippen molar-refractivity contribution in [1.82, 2.24) is 30.8 Å². The molecule has 42 heavy (non-hydrogen) atoms. The van der Waals surface area contributed by atoms with E-state index in [2.05, 4.69) is 41.0 Å². The van der Waals surface area contributed by atoms with Gasteiger partial charge in [0, 0.05) is 24.1 Å². The third-order valence-corrected chi connectivity index (χ3v) is 6.81. The van der Waals surface area contributed by atoms with Crippen LogP contribution < -0.4 is 22.0 Å². The summed E-state index contributed by atoms with van der Waals surface area (Å²) >= 11 is 12.0. The van der Waals surface area contributed by atoms with E-state index < -0.39 is 23.3 Å². The number of aliphatic hydroxyl groups excluding tert-OH is 2. The van der Waals surface area contributed by atoms with Crippen molar-refractivity contribution in [2.24, 2.45) is 10.2 Å². The first kappa shape index (κ1) is 28.9. The van der Waals surface area contributed by atoms with Crippen LogP contribution in [-0.4, -0.2) is 55.7 Å². The van der Waals surface area contributed by atoms with Crippen molar-refractivity contribution in [3.8, 4) is 0 Å². The minimum absolute atomic E-state index is 0.0201. The number of aliphatic hydroxyl groups is 2. The van der Waals surface area contributed by atoms with E-state index in [-0.39, 0.29) is 22.8 Å². The summed E-state index contributed by atoms with van der Waals surface area (Å²) in [4.78, 5) is 39.9. The van der Waals surface area contributed by atoms with Gasteiger partial charge in [0.1, 0.15) is 23.6 Å². The average Bonchev–Trinajstić information content (AvgIpc) is 2.97. The third kappa shape index (κ3) is 5.74. The van der Waals surface area contributed by atoms with Gasteiger partial charge in [-0.05, 0) is 47.5 Å². The quantitative estimate of drug-likeness (QED) is 0.115. The molecule has 12 nitrogen and oxygen atoms in total. The van der Waals surface area contributed by atoms with Crippen LogP contribution in [0.25, 0.3) is 22.1 Å². The Morgan fingerprint density at radius 1 is 0.714 bits per heavy atom. The van der Waals surface area contributed by atoms with E-state index in [0.29, 0.717) is 43.2 Å². The molecule has 3 aromatic carbocycles. The standard InChI is InChI=1S/C28H24Cl2N8O4/c1-31-37-21(23-27(41)35-19-11-15(29)7-9-17(19)33-23)25(39)13-3-5-14(6-4-13)26(40)22(38-32-2)24-28(42)36-20-12-16(30)8-10-18(20)34-24/h3-12,25-26,31-32,39-40H,1-2H3,(H,35,41)(H,36,42)/b37-21-,38-22+/t25-,26-/m1/s1. The van der Waals surface area contributed by atoms with Gasteiger partial charge in [0.15, 0.2) is 11.4 Å². The highest BCUT2D eigenvalue weighted by atomic mass is 35.5. The highest BCUT2D eigenvalue weighted by Crippen LogP contribution is 2.24. The van der Waals surface area contributed by atoms with Crippen LogP contribution in [-0.2, 0) is 0 Å². The molecule has 0 spiro atoms. The summed E-state index contributed by atoms with van der Waals surface area (Å²) in [6.07, 6.45) is -2.71. The van der Waals surface area contributed by atoms with Gasteiger partial charge in [-0.3, -0.25) is 9.59 Å². The zero-order valence-electron chi connectivity index (χ0n) is 22.2. The molecule has 0 radical (unpaired) electrons. The minimum Gasteiger partial charge on any atom is -0.382 e. The number of hydrazone groups is 2. The van der Waals surface area contributed by atoms with Crippen LogP contribution in [0, 0.1) is 0 Å². The molecule has 0 saturated heterocycles. The number of H-pyrrole nitrogens is 2. The first-order valence-electron chi connectivity index (χ1n) is 12.5. The second-order valence-corrected chi connectivity index (χ2v) is 9.94. The van der Waals surface area contributed by atoms with Crippen LogP contribution >= 0.6 is 23.2 Å². The van der Waals surface area contributed by atoms with Gasteiger partial charge in [-0.1, -0.05) is 47.5 Å². The maximum Gasteiger partial charge on any atom is 0.276 e. The Morgan fingerprint density at radius 2 is 1.10 bits per heavy atom. The summed E-state index contributed by atoms with van der Waals surface area (Å²) in [7, 11) is 3.06. The molecule has 214 valence electrons. The predicted octanol–water partition coefficient (Wildman–Crippen LogP) is 2.78. The molecule has 0 aliphatic heterocycles. The molecule has 0 aliphatic rings. The summed E-state index contributed by atoms with van der Waals surface area (Å²) in [6, 6.07) is 15.9. The lowest BCUT2D eigenvalue weighted by atomic mass is 9.97. The molecule has 2 atom stereocenters. The Kier molecular flexibility index (Phi) is 8.31. The van der Waals surface area contributed by atoms with Crippen molar-refractivity contribution in [3.05, 3.63) is 114 Å². The van der Waals surface area contributed by atoms with Crippen molar-refractivity contribution in [1.29, 1.82) is 0 Å². The number of benzene rings is 3. The molecule has 14 heteroatoms. The fourth-order valence-corrected chi connectivity index (χ4v) is 4.71. The molecule has 0 saturated carbocycles. The summed E-state index contributed by atoms with van der Waals surface area (Å²) < 4.78 is 0. The minimum atomic E-state index is -1.36. The normalized spacial score (nSPS) is 13.8. The Balaban J connectivity index is 1.47. The molecule has 2 aromatic heterocycles. The molecule has 6 N–H and O–H groups in total. The van der Waals surface area contributed by atoms with E-state index in [4.69, 9.17) is 23.2 Å². The highest BCUT2D eigenvalue weighted by molar-refractivity contribution is 6.31. The van der Waals surface area contributed by atoms with Gasteiger partial charge in [-0.15, -0.1) is 0 Å². The summed E-state index contributed by atoms with van der Waals surface area (Å²) in [5.74, 6) is 0. The Hall–Kier alpha value is -4.62. The van der Waals surface area contributed by atoms with Crippen LogP contribution in [0.5, 0.6) is 0 Å². The molecule has 0 aliphatic carbocycles. The van der Waals surface area contributed by atoms with E-state index >= 15 is 0 Å². The first-order valence-corrected chi connectivity index (χ1v) is 13.3. The molecular formula is C28H24Cl2N8O4. The topological polar surface area (TPSA) is 181 Å². The van der Waals surface area contributed by atoms with Crippen molar-refractivity contribution >= 4 is 56.7 Å². The van der Waals surface area contributed by atoms with Gasteiger partial charge in [0.2, 0.25) is 0 Å². The van der Waals surface area contributed by atoms with Crippen molar-refractivity contribution < 1.29 is 10.2 Å². The third-order valence-electron chi connectivity index (χ3n) is 6.34. The molecular weight excluding hydrogens is 583 g/mol. The van der Waals surface area contributed by atoms with Crippen LogP contribution in [0.3, 0.4) is 0 Å². The maximum absolute atomic E-state index is 12.9. The Morgan fingerprint density at radius 3 is 1.45 bits per heavy atom. The summed E-state index contributed by atoms with van der Waals surface area (Å²) in [5.41, 5.74) is 6.41. The number of nitrogens with one attached hydrogen (secondary N) is 4. The van der Waals surface area contributed by atoms with E-state index in [0.717, 1.165) is 0 Å². The molecule has 2 heterocycles. The van der Waals surface area contributed by atoms with Gasteiger partial charge in [0.05, 0.1) is 22.1 Å². The fourth-order valence-electron chi connectivity index (χ4n) is 4.37. The number of aromatic amines is 2. The van der Waals surface area contributed by atoms with Crippen LogP contribution in [0.2, 0.25) is 10.0 Å². The predicted molar refractivity (Wildman–Crippen MR) is 162 cm³/mol. The number of fused-ring (bicyclic) bond motifs is 2. The number of nitrogens with zero attached hydrogens (tertiary/aromatic N) is 4. The highest BCUT2D eigenvalue weighted by Gasteiger charge is 2.25. The Labute approximate surface area is 247 Å². The van der Waals surface area contributed by atoms with Crippen molar-refractivity contribution in [3.63, 3.8) is 0 Å². The average molecular weight is 607 g/mol. The fraction of sp³-hybridized carbons (Fsp3) is 0.143. The Bertz CT molecular complexity index is 1830. The zero-order valence-corrected chi connectivity index (χ0v) is 23.7. The van der Waals surface area contributed by atoms with E-state index in [1.807, 2.05) is 0 Å². The SMILES string of the molecule is CN/N=C(/c1nc2ccc(Cl)cc2[nH]c1=O)[C@H](O)c1ccc([C@@H](O)/C(=N/NC)c2nc3ccc(Cl)cc3[nH]c2=O)cc1. The van der Waals surface area contributed by atoms with Crippen molar-refractivity contribution in [2.75, 3.05) is 14.1 Å². The van der Waals surface area contributed by atoms with Gasteiger partial charge >= 0.3 is 0 Å². The lowest BCUT2D eigenvalue weighted by molar-refractivity contribution is 0.243. The van der Waals surface area contributed by atoms with Gasteiger partial charge in [0.25, 0.3) is 11.1 Å². The molecule has 0 bridgehead atoms. The lowest BCUT2D eigenvalue weighted by Crippen LogP contribution is -2.28. The number of hydrogen-bond acceptors (Lipinski definition) is 10. The lowest BCUT2D eigenvalue weighted by Gasteiger charge is -2.17. The van der Waals surface area contributed by atoms with Gasteiger partial charge < -0.3 is 31.0 Å². The van der Waals surface area contributed by atoms with Crippen LogP contribution in [0.15, 0.2) is 80.5 Å². The molecule has 5 aromatic rings. The van der Waals surface area contributed by atoms with Crippen molar-refractivity contribution in [2.45, 2.75) is 12.2 Å². The van der Waals surface area contributed by atoms with Crippen LogP contribution in [0.4, 0.5) is 0 Å². The smallest absolute Gasteiger partial charge is 0.276 e. The van der Waals surface area contributed by atoms with E-state index in [1.54, 1.807) is 60.7 Å². The van der Waals surface area contributed by atoms with Gasteiger partial charge in [-0.25, -0.2) is 9.97 Å². The van der Waals surface area contributed by atoms with Gasteiger partial charge in [-0.2, -0.15) is 10.2 Å². The largest absolute Gasteiger partial charge is 0.382 e. The van der Waals surface area contributed by atoms with Crippen LogP contribution in [0.1, 0.15) is 34.7 Å². The second kappa shape index (κ2) is 12.1. The maximum atomic E-state index is 12.9. The molecule has 0 unspecified atom stereocenters.